The second kappa shape index (κ2) is 11.3. The molecule has 0 aromatic heterocycles. The fraction of sp³-hybridized carbons (Fsp3) is 0.269. The predicted molar refractivity (Wildman–Crippen MR) is 123 cm³/mol. The van der Waals surface area contributed by atoms with Crippen LogP contribution in [0.2, 0.25) is 0 Å². The van der Waals surface area contributed by atoms with E-state index in [4.69, 9.17) is 10.5 Å². The van der Waals surface area contributed by atoms with Gasteiger partial charge in [-0.2, -0.15) is 0 Å². The van der Waals surface area contributed by atoms with Gasteiger partial charge in [-0.3, -0.25) is 4.79 Å². The maximum Gasteiger partial charge on any atom is 0.252 e. The largest absolute Gasteiger partial charge is 0.488 e. The number of rotatable bonds is 11. The number of nitrogens with two attached hydrogens (primary N) is 1. The highest BCUT2D eigenvalue weighted by Crippen LogP contribution is 2.24. The third kappa shape index (κ3) is 6.95. The number of amides is 1. The molecule has 0 heterocycles. The summed E-state index contributed by atoms with van der Waals surface area (Å²) >= 11 is 0. The van der Waals surface area contributed by atoms with Crippen molar-refractivity contribution in [2.24, 2.45) is 5.73 Å². The van der Waals surface area contributed by atoms with Gasteiger partial charge in [-0.05, 0) is 48.6 Å². The Morgan fingerprint density at radius 1 is 1.00 bits per heavy atom. The molecule has 0 bridgehead atoms. The van der Waals surface area contributed by atoms with E-state index >= 15 is 0 Å². The molecule has 5 nitrogen and oxygen atoms in total. The lowest BCUT2D eigenvalue weighted by Gasteiger charge is -2.19. The molecular weight excluding hydrogens is 388 g/mol. The van der Waals surface area contributed by atoms with Crippen molar-refractivity contribution in [1.29, 1.82) is 0 Å². The summed E-state index contributed by atoms with van der Waals surface area (Å²) in [5.41, 5.74) is 8.75. The second-order valence-electron chi connectivity index (χ2n) is 7.74. The van der Waals surface area contributed by atoms with Crippen LogP contribution in [0.3, 0.4) is 0 Å². The summed E-state index contributed by atoms with van der Waals surface area (Å²) in [5.74, 6) is -0.169. The van der Waals surface area contributed by atoms with Crippen molar-refractivity contribution in [3.8, 4) is 5.75 Å². The van der Waals surface area contributed by atoms with Gasteiger partial charge in [0.05, 0.1) is 11.7 Å². The molecule has 3 rings (SSSR count). The summed E-state index contributed by atoms with van der Waals surface area (Å²) in [5, 5.41) is 14.0. The zero-order chi connectivity index (χ0) is 22.1. The van der Waals surface area contributed by atoms with Gasteiger partial charge in [0.15, 0.2) is 0 Å². The molecular formula is C26H30N2O3. The van der Waals surface area contributed by atoms with Crippen LogP contribution in [-0.2, 0) is 13.0 Å². The summed E-state index contributed by atoms with van der Waals surface area (Å²) < 4.78 is 5.79. The Bertz CT molecular complexity index is 961. The minimum Gasteiger partial charge on any atom is -0.488 e. The number of nitrogens with one attached hydrogen (secondary N) is 1. The van der Waals surface area contributed by atoms with Gasteiger partial charge >= 0.3 is 0 Å². The van der Waals surface area contributed by atoms with Crippen molar-refractivity contribution in [3.05, 3.63) is 101 Å². The number of aryl methyl sites for hydroxylation is 1. The molecule has 31 heavy (non-hydrogen) atoms. The van der Waals surface area contributed by atoms with Crippen molar-refractivity contribution < 1.29 is 14.6 Å². The van der Waals surface area contributed by atoms with Crippen LogP contribution in [0.4, 0.5) is 0 Å². The first-order chi connectivity index (χ1) is 15.0. The van der Waals surface area contributed by atoms with Gasteiger partial charge in [-0.1, -0.05) is 66.7 Å². The minimum absolute atomic E-state index is 0.249. The first kappa shape index (κ1) is 22.5. The van der Waals surface area contributed by atoms with Crippen LogP contribution in [-0.4, -0.2) is 23.6 Å². The second-order valence-corrected chi connectivity index (χ2v) is 7.74. The summed E-state index contributed by atoms with van der Waals surface area (Å²) in [6, 6.07) is 25.4. The summed E-state index contributed by atoms with van der Waals surface area (Å²) in [6.07, 6.45) is 1.19. The normalized spacial score (nSPS) is 12.8. The van der Waals surface area contributed by atoms with Gasteiger partial charge < -0.3 is 20.9 Å². The molecule has 0 aliphatic heterocycles. The standard InChI is InChI=1S/C26H30N2O3/c1-19(12-13-20-8-4-2-5-9-20)28-17-24(29)22-14-15-25(23(16-22)26(27)30)31-18-21-10-6-3-7-11-21/h2-11,14-16,19,24,28-29H,12-13,17-18H2,1H3,(H2,27,30). The Labute approximate surface area is 183 Å². The van der Waals surface area contributed by atoms with E-state index in [-0.39, 0.29) is 11.6 Å². The van der Waals surface area contributed by atoms with E-state index < -0.39 is 12.0 Å². The smallest absolute Gasteiger partial charge is 0.252 e. The maximum atomic E-state index is 11.9. The summed E-state index contributed by atoms with van der Waals surface area (Å²) in [7, 11) is 0. The molecule has 0 saturated heterocycles. The Morgan fingerprint density at radius 3 is 2.29 bits per heavy atom. The van der Waals surface area contributed by atoms with Crippen molar-refractivity contribution >= 4 is 5.91 Å². The molecule has 0 aliphatic rings. The Hall–Kier alpha value is -3.15. The SMILES string of the molecule is CC(CCc1ccccc1)NCC(O)c1ccc(OCc2ccccc2)c(C(N)=O)c1. The summed E-state index contributed by atoms with van der Waals surface area (Å²) in [4.78, 5) is 11.9. The lowest BCUT2D eigenvalue weighted by atomic mass is 10.0. The molecule has 0 spiro atoms. The molecule has 4 N–H and O–H groups in total. The van der Waals surface area contributed by atoms with Gasteiger partial charge in [0.1, 0.15) is 12.4 Å². The minimum atomic E-state index is -0.750. The molecule has 3 aromatic rings. The van der Waals surface area contributed by atoms with Crippen LogP contribution in [0.1, 0.15) is 46.5 Å². The Kier molecular flexibility index (Phi) is 8.21. The van der Waals surface area contributed by atoms with Gasteiger partial charge in [-0.15, -0.1) is 0 Å². The number of aliphatic hydroxyl groups excluding tert-OH is 1. The number of aliphatic hydroxyl groups is 1. The number of primary amides is 1. The molecule has 5 heteroatoms. The maximum absolute atomic E-state index is 11.9. The van der Waals surface area contributed by atoms with E-state index in [0.717, 1.165) is 18.4 Å². The Balaban J connectivity index is 1.55. The van der Waals surface area contributed by atoms with E-state index in [9.17, 15) is 9.90 Å². The van der Waals surface area contributed by atoms with E-state index in [1.165, 1.54) is 5.56 Å². The molecule has 1 amide bonds. The fourth-order valence-corrected chi connectivity index (χ4v) is 3.37. The van der Waals surface area contributed by atoms with E-state index in [0.29, 0.717) is 24.5 Å². The topological polar surface area (TPSA) is 84.6 Å². The first-order valence-electron chi connectivity index (χ1n) is 10.6. The number of carbonyl (C=O) groups is 1. The highest BCUT2D eigenvalue weighted by Gasteiger charge is 2.16. The predicted octanol–water partition coefficient (Wildman–Crippen LogP) is 4.01. The first-order valence-corrected chi connectivity index (χ1v) is 10.6. The number of benzene rings is 3. The number of hydrogen-bond acceptors (Lipinski definition) is 4. The Morgan fingerprint density at radius 2 is 1.65 bits per heavy atom. The molecule has 2 unspecified atom stereocenters. The van der Waals surface area contributed by atoms with Crippen LogP contribution < -0.4 is 15.8 Å². The van der Waals surface area contributed by atoms with Gasteiger partial charge in [0.25, 0.3) is 5.91 Å². The van der Waals surface area contributed by atoms with Gasteiger partial charge in [0.2, 0.25) is 0 Å². The number of ether oxygens (including phenoxy) is 1. The van der Waals surface area contributed by atoms with Crippen LogP contribution in [0.5, 0.6) is 5.75 Å². The highest BCUT2D eigenvalue weighted by molar-refractivity contribution is 5.95. The van der Waals surface area contributed by atoms with Crippen LogP contribution in [0.15, 0.2) is 78.9 Å². The molecule has 3 aromatic carbocycles. The molecule has 0 radical (unpaired) electrons. The summed E-state index contributed by atoms with van der Waals surface area (Å²) in [6.45, 7) is 2.83. The molecule has 162 valence electrons. The van der Waals surface area contributed by atoms with E-state index in [1.807, 2.05) is 48.5 Å². The average Bonchev–Trinajstić information content (AvgIpc) is 2.81. The van der Waals surface area contributed by atoms with Crippen molar-refractivity contribution in [3.63, 3.8) is 0 Å². The molecule has 0 aliphatic carbocycles. The number of hydrogen-bond donors (Lipinski definition) is 3. The molecule has 0 fully saturated rings. The van der Waals surface area contributed by atoms with Crippen LogP contribution >= 0.6 is 0 Å². The van der Waals surface area contributed by atoms with Crippen molar-refractivity contribution in [2.45, 2.75) is 38.5 Å². The van der Waals surface area contributed by atoms with Gasteiger partial charge in [-0.25, -0.2) is 0 Å². The highest BCUT2D eigenvalue weighted by atomic mass is 16.5. The van der Waals surface area contributed by atoms with Crippen molar-refractivity contribution in [2.75, 3.05) is 6.54 Å². The van der Waals surface area contributed by atoms with E-state index in [1.54, 1.807) is 18.2 Å². The van der Waals surface area contributed by atoms with Crippen LogP contribution in [0.25, 0.3) is 0 Å². The fourth-order valence-electron chi connectivity index (χ4n) is 3.37. The lowest BCUT2D eigenvalue weighted by Crippen LogP contribution is -2.31. The monoisotopic (exact) mass is 418 g/mol. The number of carbonyl (C=O) groups excluding carboxylic acids is 1. The lowest BCUT2D eigenvalue weighted by molar-refractivity contribution is 0.0995. The zero-order valence-corrected chi connectivity index (χ0v) is 17.8. The van der Waals surface area contributed by atoms with Crippen molar-refractivity contribution in [1.82, 2.24) is 5.32 Å². The molecule has 2 atom stereocenters. The van der Waals surface area contributed by atoms with Crippen LogP contribution in [0, 0.1) is 0 Å². The third-order valence-corrected chi connectivity index (χ3v) is 5.26. The molecule has 0 saturated carbocycles. The van der Waals surface area contributed by atoms with E-state index in [2.05, 4.69) is 24.4 Å². The third-order valence-electron chi connectivity index (χ3n) is 5.26. The average molecular weight is 419 g/mol. The zero-order valence-electron chi connectivity index (χ0n) is 17.8. The van der Waals surface area contributed by atoms with Gasteiger partial charge in [0, 0.05) is 12.6 Å². The quantitative estimate of drug-likeness (QED) is 0.439.